The first kappa shape index (κ1) is 17.9. The van der Waals surface area contributed by atoms with Crippen molar-refractivity contribution in [2.24, 2.45) is 0 Å². The van der Waals surface area contributed by atoms with Crippen LogP contribution in [0, 0.1) is 0 Å². The molecule has 0 bridgehead atoms. The zero-order chi connectivity index (χ0) is 18.5. The number of nitrogens with zero attached hydrogens (tertiary/aromatic N) is 4. The molecule has 0 amide bonds. The quantitative estimate of drug-likeness (QED) is 0.617. The van der Waals surface area contributed by atoms with Crippen molar-refractivity contribution in [1.29, 1.82) is 0 Å². The van der Waals surface area contributed by atoms with E-state index in [0.29, 0.717) is 19.2 Å². The molecule has 0 unspecified atom stereocenters. The molecule has 7 nitrogen and oxygen atoms in total. The van der Waals surface area contributed by atoms with E-state index in [2.05, 4.69) is 37.0 Å². The number of aromatic nitrogens is 4. The highest BCUT2D eigenvalue weighted by atomic mass is 16.5. The molecule has 1 saturated heterocycles. The summed E-state index contributed by atoms with van der Waals surface area (Å²) in [5.41, 5.74) is 5.21. The van der Waals surface area contributed by atoms with Crippen LogP contribution in [0.1, 0.15) is 29.7 Å². The molecule has 1 fully saturated rings. The largest absolute Gasteiger partial charge is 0.461 e. The Balaban J connectivity index is 1.45. The third-order valence-electron chi connectivity index (χ3n) is 4.86. The maximum Gasteiger partial charge on any atom is 0.317 e. The number of fused-ring (bicyclic) bond motifs is 1. The Bertz CT molecular complexity index is 872. The summed E-state index contributed by atoms with van der Waals surface area (Å²) < 4.78 is 10.5. The molecule has 27 heavy (non-hydrogen) atoms. The summed E-state index contributed by atoms with van der Waals surface area (Å²) in [6.07, 6.45) is 9.09. The van der Waals surface area contributed by atoms with Crippen molar-refractivity contribution in [3.63, 3.8) is 0 Å². The molecule has 4 heterocycles. The maximum atomic E-state index is 5.53. The van der Waals surface area contributed by atoms with Gasteiger partial charge < -0.3 is 14.5 Å². The predicted molar refractivity (Wildman–Crippen MR) is 103 cm³/mol. The Labute approximate surface area is 158 Å². The number of likely N-dealkylation sites (tertiary alicyclic amines) is 1. The number of methoxy groups -OCH3 is 1. The Kier molecular flexibility index (Phi) is 5.60. The van der Waals surface area contributed by atoms with Gasteiger partial charge in [-0.25, -0.2) is 4.98 Å². The molecule has 142 valence electrons. The number of nitrogens with one attached hydrogen (secondary N) is 1. The van der Waals surface area contributed by atoms with E-state index in [9.17, 15) is 0 Å². The highest BCUT2D eigenvalue weighted by Crippen LogP contribution is 2.21. The molecule has 0 radical (unpaired) electrons. The van der Waals surface area contributed by atoms with Gasteiger partial charge in [-0.15, -0.1) is 0 Å². The van der Waals surface area contributed by atoms with Gasteiger partial charge in [0.15, 0.2) is 0 Å². The first-order valence-electron chi connectivity index (χ1n) is 9.43. The van der Waals surface area contributed by atoms with E-state index < -0.39 is 0 Å². The average Bonchev–Trinajstić information content (AvgIpc) is 3.34. The van der Waals surface area contributed by atoms with E-state index in [1.807, 2.05) is 12.4 Å². The molecule has 1 aliphatic rings. The molecule has 4 rings (SSSR count). The van der Waals surface area contributed by atoms with Crippen LogP contribution in [0.4, 0.5) is 0 Å². The minimum absolute atomic E-state index is 0.375. The van der Waals surface area contributed by atoms with Gasteiger partial charge in [-0.3, -0.25) is 9.88 Å². The van der Waals surface area contributed by atoms with Crippen molar-refractivity contribution >= 4 is 11.0 Å². The summed E-state index contributed by atoms with van der Waals surface area (Å²) in [6, 6.07) is 4.67. The lowest BCUT2D eigenvalue weighted by Crippen LogP contribution is -2.19. The van der Waals surface area contributed by atoms with Gasteiger partial charge in [0.25, 0.3) is 0 Å². The van der Waals surface area contributed by atoms with Crippen LogP contribution in [0.15, 0.2) is 30.7 Å². The van der Waals surface area contributed by atoms with Crippen molar-refractivity contribution < 1.29 is 9.47 Å². The van der Waals surface area contributed by atoms with E-state index >= 15 is 0 Å². The van der Waals surface area contributed by atoms with Gasteiger partial charge in [-0.2, -0.15) is 4.98 Å². The topological polar surface area (TPSA) is 76.2 Å². The smallest absolute Gasteiger partial charge is 0.317 e. The molecule has 0 saturated carbocycles. The van der Waals surface area contributed by atoms with Crippen LogP contribution in [-0.2, 0) is 17.7 Å². The molecule has 1 N–H and O–H groups in total. The monoisotopic (exact) mass is 367 g/mol. The molecular formula is C20H25N5O2. The molecule has 0 aliphatic carbocycles. The second-order valence-electron chi connectivity index (χ2n) is 6.89. The van der Waals surface area contributed by atoms with Crippen LogP contribution >= 0.6 is 0 Å². The Morgan fingerprint density at radius 3 is 2.78 bits per heavy atom. The van der Waals surface area contributed by atoms with Crippen LogP contribution in [-0.4, -0.2) is 58.2 Å². The normalized spacial score (nSPS) is 14.9. The summed E-state index contributed by atoms with van der Waals surface area (Å²) >= 11 is 0. The second kappa shape index (κ2) is 8.45. The zero-order valence-corrected chi connectivity index (χ0v) is 15.6. The third-order valence-corrected chi connectivity index (χ3v) is 4.86. The van der Waals surface area contributed by atoms with Crippen molar-refractivity contribution in [2.45, 2.75) is 25.8 Å². The molecule has 0 spiro atoms. The van der Waals surface area contributed by atoms with E-state index in [-0.39, 0.29) is 0 Å². The molecule has 0 aromatic carbocycles. The van der Waals surface area contributed by atoms with E-state index in [4.69, 9.17) is 9.47 Å². The van der Waals surface area contributed by atoms with Crippen molar-refractivity contribution in [2.75, 3.05) is 33.4 Å². The van der Waals surface area contributed by atoms with E-state index in [1.165, 1.54) is 31.5 Å². The summed E-state index contributed by atoms with van der Waals surface area (Å²) in [5.74, 6) is 0. The lowest BCUT2D eigenvalue weighted by atomic mass is 10.1. The number of hydrogen-bond donors (Lipinski definition) is 1. The fraction of sp³-hybridized carbons (Fsp3) is 0.450. The zero-order valence-electron chi connectivity index (χ0n) is 15.6. The van der Waals surface area contributed by atoms with Crippen LogP contribution in [0.25, 0.3) is 11.0 Å². The van der Waals surface area contributed by atoms with Gasteiger partial charge in [0.1, 0.15) is 6.61 Å². The van der Waals surface area contributed by atoms with E-state index in [1.54, 1.807) is 13.3 Å². The van der Waals surface area contributed by atoms with Crippen molar-refractivity contribution in [3.8, 4) is 6.01 Å². The molecule has 0 atom stereocenters. The number of H-pyrrole nitrogens is 1. The summed E-state index contributed by atoms with van der Waals surface area (Å²) in [7, 11) is 1.64. The molecule has 1 aliphatic heterocycles. The standard InChI is InChI=1S/C20H25N5O2/c1-26-8-9-27-20-23-13-18-19(24-20)16(12-22-18)10-15-4-5-17(21-11-15)14-25-6-2-3-7-25/h4-5,11-13,22H,2-3,6-10,14H2,1H3. The molecular weight excluding hydrogens is 342 g/mol. The van der Waals surface area contributed by atoms with Crippen molar-refractivity contribution in [1.82, 2.24) is 24.8 Å². The number of rotatable bonds is 8. The Hall–Kier alpha value is -2.51. The Morgan fingerprint density at radius 1 is 1.11 bits per heavy atom. The molecule has 3 aromatic heterocycles. The van der Waals surface area contributed by atoms with Crippen LogP contribution in [0.5, 0.6) is 6.01 Å². The minimum atomic E-state index is 0.375. The van der Waals surface area contributed by atoms with Gasteiger partial charge in [-0.1, -0.05) is 6.07 Å². The van der Waals surface area contributed by atoms with Gasteiger partial charge in [0, 0.05) is 38.0 Å². The lowest BCUT2D eigenvalue weighted by molar-refractivity contribution is 0.141. The molecule has 7 heteroatoms. The van der Waals surface area contributed by atoms with Gasteiger partial charge >= 0.3 is 6.01 Å². The number of pyridine rings is 1. The van der Waals surface area contributed by atoms with Crippen molar-refractivity contribution in [3.05, 3.63) is 47.5 Å². The summed E-state index contributed by atoms with van der Waals surface area (Å²) in [6.45, 7) is 4.27. The van der Waals surface area contributed by atoms with Gasteiger partial charge in [-0.05, 0) is 37.6 Å². The number of aromatic amines is 1. The third kappa shape index (κ3) is 4.43. The van der Waals surface area contributed by atoms with Crippen LogP contribution < -0.4 is 4.74 Å². The Morgan fingerprint density at radius 2 is 2.00 bits per heavy atom. The average molecular weight is 367 g/mol. The van der Waals surface area contributed by atoms with Crippen LogP contribution in [0.3, 0.4) is 0 Å². The molecule has 3 aromatic rings. The first-order chi connectivity index (χ1) is 13.3. The maximum absolute atomic E-state index is 5.53. The first-order valence-corrected chi connectivity index (χ1v) is 9.43. The fourth-order valence-electron chi connectivity index (χ4n) is 3.41. The summed E-state index contributed by atoms with van der Waals surface area (Å²) in [4.78, 5) is 19.1. The summed E-state index contributed by atoms with van der Waals surface area (Å²) in [5, 5.41) is 0. The van der Waals surface area contributed by atoms with Crippen LogP contribution in [0.2, 0.25) is 0 Å². The SMILES string of the molecule is COCCOc1ncc2[nH]cc(Cc3ccc(CN4CCCC4)nc3)c2n1. The fourth-order valence-corrected chi connectivity index (χ4v) is 3.41. The predicted octanol–water partition coefficient (Wildman–Crippen LogP) is 2.56. The lowest BCUT2D eigenvalue weighted by Gasteiger charge is -2.13. The second-order valence-corrected chi connectivity index (χ2v) is 6.89. The minimum Gasteiger partial charge on any atom is -0.461 e. The number of hydrogen-bond acceptors (Lipinski definition) is 6. The van der Waals surface area contributed by atoms with Gasteiger partial charge in [0.2, 0.25) is 0 Å². The van der Waals surface area contributed by atoms with E-state index in [0.717, 1.165) is 35.3 Å². The highest BCUT2D eigenvalue weighted by Gasteiger charge is 2.13. The highest BCUT2D eigenvalue weighted by molar-refractivity contribution is 5.78. The van der Waals surface area contributed by atoms with Gasteiger partial charge in [0.05, 0.1) is 29.5 Å². The number of ether oxygens (including phenoxy) is 2.